The molecule has 1 saturated carbocycles. The predicted molar refractivity (Wildman–Crippen MR) is 105 cm³/mol. The van der Waals surface area contributed by atoms with Crippen LogP contribution in [0.15, 0.2) is 35.5 Å². The van der Waals surface area contributed by atoms with Crippen LogP contribution in [-0.4, -0.2) is 38.5 Å². The summed E-state index contributed by atoms with van der Waals surface area (Å²) in [5, 5.41) is 14.3. The fourth-order valence-corrected chi connectivity index (χ4v) is 4.02. The Kier molecular flexibility index (Phi) is 6.49. The number of urea groups is 1. The lowest BCUT2D eigenvalue weighted by atomic mass is 9.86. The highest BCUT2D eigenvalue weighted by Gasteiger charge is 2.23. The van der Waals surface area contributed by atoms with Crippen LogP contribution in [0.1, 0.15) is 32.6 Å². The largest absolute Gasteiger partial charge is 0.335 e. The minimum absolute atomic E-state index is 0.106. The minimum atomic E-state index is -0.415. The van der Waals surface area contributed by atoms with Gasteiger partial charge >= 0.3 is 6.03 Å². The number of carbonyl (C=O) groups excluding carboxylic acids is 2. The third-order valence-corrected chi connectivity index (χ3v) is 5.90. The maximum atomic E-state index is 12.1. The molecule has 3 amide bonds. The van der Waals surface area contributed by atoms with Gasteiger partial charge < -0.3 is 9.88 Å². The normalized spacial score (nSPS) is 19.5. The Morgan fingerprint density at radius 2 is 1.93 bits per heavy atom. The molecule has 3 rings (SSSR count). The van der Waals surface area contributed by atoms with Gasteiger partial charge in [0.1, 0.15) is 0 Å². The van der Waals surface area contributed by atoms with Crippen LogP contribution in [0.5, 0.6) is 0 Å². The topological polar surface area (TPSA) is 88.9 Å². The van der Waals surface area contributed by atoms with Crippen LogP contribution in [0.4, 0.5) is 4.79 Å². The van der Waals surface area contributed by atoms with Crippen LogP contribution in [0.25, 0.3) is 11.4 Å². The van der Waals surface area contributed by atoms with Crippen LogP contribution in [0.3, 0.4) is 0 Å². The lowest BCUT2D eigenvalue weighted by Crippen LogP contribution is -2.48. The Labute approximate surface area is 163 Å². The van der Waals surface area contributed by atoms with Crippen molar-refractivity contribution in [2.75, 3.05) is 5.75 Å². The summed E-state index contributed by atoms with van der Waals surface area (Å²) in [6.45, 7) is 2.14. The van der Waals surface area contributed by atoms with Crippen molar-refractivity contribution in [3.05, 3.63) is 30.3 Å². The molecule has 1 aliphatic carbocycles. The number of nitrogens with zero attached hydrogens (tertiary/aromatic N) is 3. The molecule has 1 fully saturated rings. The monoisotopic (exact) mass is 387 g/mol. The second-order valence-electron chi connectivity index (χ2n) is 6.91. The van der Waals surface area contributed by atoms with Crippen LogP contribution in [0, 0.1) is 5.92 Å². The van der Waals surface area contributed by atoms with Crippen molar-refractivity contribution in [1.29, 1.82) is 0 Å². The zero-order valence-corrected chi connectivity index (χ0v) is 16.5. The lowest BCUT2D eigenvalue weighted by molar-refractivity contribution is -0.117. The molecular weight excluding hydrogens is 362 g/mol. The van der Waals surface area contributed by atoms with E-state index in [4.69, 9.17) is 0 Å². The van der Waals surface area contributed by atoms with E-state index in [1.54, 1.807) is 0 Å². The number of amides is 3. The molecule has 0 unspecified atom stereocenters. The van der Waals surface area contributed by atoms with E-state index in [0.29, 0.717) is 11.1 Å². The molecule has 0 aliphatic heterocycles. The summed E-state index contributed by atoms with van der Waals surface area (Å²) in [5.74, 6) is 0.950. The molecule has 2 atom stereocenters. The van der Waals surface area contributed by atoms with E-state index in [0.717, 1.165) is 30.7 Å². The van der Waals surface area contributed by atoms with E-state index in [-0.39, 0.29) is 17.7 Å². The van der Waals surface area contributed by atoms with Gasteiger partial charge in [0, 0.05) is 18.7 Å². The number of hydrogen-bond acceptors (Lipinski definition) is 5. The van der Waals surface area contributed by atoms with Gasteiger partial charge in [0.05, 0.1) is 5.75 Å². The number of aromatic nitrogens is 3. The van der Waals surface area contributed by atoms with Crippen LogP contribution in [0.2, 0.25) is 0 Å². The second-order valence-corrected chi connectivity index (χ2v) is 7.85. The van der Waals surface area contributed by atoms with Gasteiger partial charge in [-0.05, 0) is 18.8 Å². The van der Waals surface area contributed by atoms with Gasteiger partial charge in [-0.1, -0.05) is 61.9 Å². The van der Waals surface area contributed by atoms with Gasteiger partial charge in [0.2, 0.25) is 5.91 Å². The zero-order chi connectivity index (χ0) is 19.2. The van der Waals surface area contributed by atoms with E-state index in [1.807, 2.05) is 41.9 Å². The maximum Gasteiger partial charge on any atom is 0.321 e. The Morgan fingerprint density at radius 1 is 1.19 bits per heavy atom. The average Bonchev–Trinajstić information content (AvgIpc) is 3.03. The van der Waals surface area contributed by atoms with Crippen molar-refractivity contribution < 1.29 is 9.59 Å². The highest BCUT2D eigenvalue weighted by Crippen LogP contribution is 2.24. The molecule has 1 heterocycles. The van der Waals surface area contributed by atoms with Crippen molar-refractivity contribution in [3.8, 4) is 11.4 Å². The summed E-state index contributed by atoms with van der Waals surface area (Å²) in [7, 11) is 1.86. The van der Waals surface area contributed by atoms with Gasteiger partial charge in [-0.2, -0.15) is 0 Å². The van der Waals surface area contributed by atoms with Crippen molar-refractivity contribution >= 4 is 23.7 Å². The number of nitrogens with one attached hydrogen (secondary N) is 2. The fraction of sp³-hybridized carbons (Fsp3) is 0.474. The average molecular weight is 388 g/mol. The van der Waals surface area contributed by atoms with E-state index < -0.39 is 6.03 Å². The van der Waals surface area contributed by atoms with Crippen molar-refractivity contribution in [2.24, 2.45) is 13.0 Å². The maximum absolute atomic E-state index is 12.1. The minimum Gasteiger partial charge on any atom is -0.335 e. The first-order valence-corrected chi connectivity index (χ1v) is 10.2. The number of imide groups is 1. The molecule has 144 valence electrons. The molecule has 1 aromatic carbocycles. The standard InChI is InChI=1S/C19H25N5O2S/c1-13-8-6-7-11-15(13)20-18(26)21-16(25)12-27-19-23-22-17(24(19)2)14-9-4-3-5-10-14/h3-5,9-10,13,15H,6-8,11-12H2,1-2H3,(H2,20,21,25,26)/t13-,15-/m1/s1. The first-order chi connectivity index (χ1) is 13.0. The molecular formula is C19H25N5O2S. The number of benzene rings is 1. The van der Waals surface area contributed by atoms with E-state index in [1.165, 1.54) is 18.2 Å². The summed E-state index contributed by atoms with van der Waals surface area (Å²) in [6.07, 6.45) is 4.41. The molecule has 2 N–H and O–H groups in total. The summed E-state index contributed by atoms with van der Waals surface area (Å²) in [4.78, 5) is 24.1. The van der Waals surface area contributed by atoms with Crippen molar-refractivity contribution in [2.45, 2.75) is 43.8 Å². The Morgan fingerprint density at radius 3 is 2.67 bits per heavy atom. The summed E-state index contributed by atoms with van der Waals surface area (Å²) < 4.78 is 1.84. The fourth-order valence-electron chi connectivity index (χ4n) is 3.31. The molecule has 0 spiro atoms. The van der Waals surface area contributed by atoms with E-state index >= 15 is 0 Å². The molecule has 1 aromatic heterocycles. The smallest absolute Gasteiger partial charge is 0.321 e. The second kappa shape index (κ2) is 9.03. The molecule has 0 bridgehead atoms. The Hall–Kier alpha value is -2.35. The van der Waals surface area contributed by atoms with Gasteiger partial charge in [-0.15, -0.1) is 10.2 Å². The third-order valence-electron chi connectivity index (χ3n) is 4.88. The summed E-state index contributed by atoms with van der Waals surface area (Å²) in [6, 6.07) is 9.47. The van der Waals surface area contributed by atoms with Gasteiger partial charge in [-0.3, -0.25) is 10.1 Å². The lowest BCUT2D eigenvalue weighted by Gasteiger charge is -2.29. The molecule has 2 aromatic rings. The summed E-state index contributed by atoms with van der Waals surface area (Å²) >= 11 is 1.26. The number of hydrogen-bond donors (Lipinski definition) is 2. The number of carbonyl (C=O) groups is 2. The SMILES string of the molecule is C[C@@H]1CCCC[C@H]1NC(=O)NC(=O)CSc1nnc(-c2ccccc2)n1C. The number of thioether (sulfide) groups is 1. The predicted octanol–water partition coefficient (Wildman–Crippen LogP) is 2.98. The zero-order valence-electron chi connectivity index (χ0n) is 15.6. The molecule has 27 heavy (non-hydrogen) atoms. The highest BCUT2D eigenvalue weighted by molar-refractivity contribution is 7.99. The van der Waals surface area contributed by atoms with Crippen LogP contribution >= 0.6 is 11.8 Å². The first-order valence-electron chi connectivity index (χ1n) is 9.22. The van der Waals surface area contributed by atoms with Crippen LogP contribution < -0.4 is 10.6 Å². The Bertz CT molecular complexity index is 793. The van der Waals surface area contributed by atoms with Gasteiger partial charge in [0.25, 0.3) is 0 Å². The molecule has 1 aliphatic rings. The quantitative estimate of drug-likeness (QED) is 0.770. The molecule has 0 saturated heterocycles. The molecule has 0 radical (unpaired) electrons. The van der Waals surface area contributed by atoms with E-state index in [2.05, 4.69) is 27.8 Å². The third kappa shape index (κ3) is 5.09. The molecule has 8 heteroatoms. The molecule has 7 nitrogen and oxygen atoms in total. The Balaban J connectivity index is 1.49. The van der Waals surface area contributed by atoms with E-state index in [9.17, 15) is 9.59 Å². The van der Waals surface area contributed by atoms with Crippen molar-refractivity contribution in [3.63, 3.8) is 0 Å². The highest BCUT2D eigenvalue weighted by atomic mass is 32.2. The first kappa shape index (κ1) is 19.4. The number of rotatable bonds is 5. The summed E-state index contributed by atoms with van der Waals surface area (Å²) in [5.41, 5.74) is 0.963. The van der Waals surface area contributed by atoms with Gasteiger partial charge in [-0.25, -0.2) is 4.79 Å². The van der Waals surface area contributed by atoms with Crippen LogP contribution in [-0.2, 0) is 11.8 Å². The van der Waals surface area contributed by atoms with Gasteiger partial charge in [0.15, 0.2) is 11.0 Å². The van der Waals surface area contributed by atoms with Crippen molar-refractivity contribution in [1.82, 2.24) is 25.4 Å².